The van der Waals surface area contributed by atoms with Crippen molar-refractivity contribution in [2.75, 3.05) is 11.9 Å². The van der Waals surface area contributed by atoms with E-state index in [2.05, 4.69) is 0 Å². The number of amides is 1. The molecule has 0 unspecified atom stereocenters. The van der Waals surface area contributed by atoms with Crippen molar-refractivity contribution < 1.29 is 19.6 Å². The first-order valence-corrected chi connectivity index (χ1v) is 4.45. The van der Waals surface area contributed by atoms with E-state index in [1.54, 1.807) is 6.92 Å². The number of nitrogens with zero attached hydrogens (tertiary/aromatic N) is 1. The number of anilines is 1. The first-order chi connectivity index (χ1) is 7.54. The van der Waals surface area contributed by atoms with E-state index < -0.39 is 11.0 Å². The predicted octanol–water partition coefficient (Wildman–Crippen LogP) is 2.08. The lowest BCUT2D eigenvalue weighted by Gasteiger charge is -2.08. The second kappa shape index (κ2) is 4.96. The Hall–Kier alpha value is -2.31. The number of benzene rings is 1. The molecule has 0 aliphatic heterocycles. The third-order valence-electron chi connectivity index (χ3n) is 1.72. The summed E-state index contributed by atoms with van der Waals surface area (Å²) in [6.45, 7) is 2.07. The third kappa shape index (κ3) is 2.84. The van der Waals surface area contributed by atoms with Gasteiger partial charge in [-0.2, -0.15) is 0 Å². The first kappa shape index (κ1) is 11.8. The number of nitro benzene ring substituents is 1. The van der Waals surface area contributed by atoms with Crippen LogP contribution in [0.25, 0.3) is 0 Å². The molecule has 0 fully saturated rings. The van der Waals surface area contributed by atoms with Crippen LogP contribution in [-0.4, -0.2) is 22.7 Å². The molecule has 0 radical (unpaired) electrons. The zero-order valence-electron chi connectivity index (χ0n) is 8.47. The van der Waals surface area contributed by atoms with Gasteiger partial charge < -0.3 is 9.84 Å². The lowest BCUT2D eigenvalue weighted by molar-refractivity contribution is -0.384. The van der Waals surface area contributed by atoms with E-state index in [-0.39, 0.29) is 17.1 Å². The molecule has 16 heavy (non-hydrogen) atoms. The molecule has 7 heteroatoms. The second-order valence-corrected chi connectivity index (χ2v) is 2.80. The van der Waals surface area contributed by atoms with Crippen LogP contribution in [0.3, 0.4) is 0 Å². The van der Waals surface area contributed by atoms with Crippen LogP contribution < -0.4 is 10.1 Å². The van der Waals surface area contributed by atoms with Gasteiger partial charge in [-0.3, -0.25) is 15.4 Å². The molecule has 1 amide bonds. The molecule has 0 saturated carbocycles. The maximum atomic E-state index is 10.5. The highest BCUT2D eigenvalue weighted by molar-refractivity contribution is 5.85. The number of rotatable bonds is 4. The van der Waals surface area contributed by atoms with E-state index in [0.717, 1.165) is 6.07 Å². The largest absolute Gasteiger partial charge is 0.492 e. The average Bonchev–Trinajstić information content (AvgIpc) is 2.19. The van der Waals surface area contributed by atoms with E-state index in [1.165, 1.54) is 12.1 Å². The number of non-ortho nitro benzene ring substituents is 1. The zero-order chi connectivity index (χ0) is 12.1. The smallest absolute Gasteiger partial charge is 0.409 e. The molecule has 86 valence electrons. The highest BCUT2D eigenvalue weighted by atomic mass is 16.6. The molecule has 0 atom stereocenters. The molecule has 0 saturated heterocycles. The Morgan fingerprint density at radius 2 is 2.31 bits per heavy atom. The van der Waals surface area contributed by atoms with Gasteiger partial charge in [0.25, 0.3) is 5.69 Å². The highest BCUT2D eigenvalue weighted by Gasteiger charge is 2.13. The predicted molar refractivity (Wildman–Crippen MR) is 55.9 cm³/mol. The van der Waals surface area contributed by atoms with Gasteiger partial charge in [0.2, 0.25) is 0 Å². The standard InChI is InChI=1S/C9H10N2O5/c1-2-16-8-4-3-6(11(14)15)5-7(8)10-9(12)13/h3-5,10H,2H2,1H3,(H,12,13). The first-order valence-electron chi connectivity index (χ1n) is 4.45. The van der Waals surface area contributed by atoms with E-state index >= 15 is 0 Å². The Kier molecular flexibility index (Phi) is 3.65. The van der Waals surface area contributed by atoms with Crippen molar-refractivity contribution in [2.45, 2.75) is 6.92 Å². The molecular formula is C9H10N2O5. The van der Waals surface area contributed by atoms with E-state index in [4.69, 9.17) is 9.84 Å². The monoisotopic (exact) mass is 226 g/mol. The minimum Gasteiger partial charge on any atom is -0.492 e. The van der Waals surface area contributed by atoms with Crippen LogP contribution in [0.5, 0.6) is 5.75 Å². The van der Waals surface area contributed by atoms with E-state index in [9.17, 15) is 14.9 Å². The normalized spacial score (nSPS) is 9.56. The molecule has 0 aromatic heterocycles. The van der Waals surface area contributed by atoms with Gasteiger partial charge in [0.15, 0.2) is 0 Å². The molecule has 0 bridgehead atoms. The fourth-order valence-corrected chi connectivity index (χ4v) is 1.13. The van der Waals surface area contributed by atoms with Gasteiger partial charge >= 0.3 is 6.09 Å². The fraction of sp³-hybridized carbons (Fsp3) is 0.222. The van der Waals surface area contributed by atoms with Crippen LogP contribution >= 0.6 is 0 Å². The summed E-state index contributed by atoms with van der Waals surface area (Å²) in [6.07, 6.45) is -1.30. The van der Waals surface area contributed by atoms with Crippen molar-refractivity contribution in [1.82, 2.24) is 0 Å². The summed E-state index contributed by atoms with van der Waals surface area (Å²) in [7, 11) is 0. The van der Waals surface area contributed by atoms with E-state index in [0.29, 0.717) is 6.61 Å². The second-order valence-electron chi connectivity index (χ2n) is 2.80. The number of nitrogens with one attached hydrogen (secondary N) is 1. The molecule has 0 spiro atoms. The summed E-state index contributed by atoms with van der Waals surface area (Å²) in [5.74, 6) is 0.260. The van der Waals surface area contributed by atoms with Gasteiger partial charge in [0.05, 0.1) is 17.2 Å². The topological polar surface area (TPSA) is 102 Å². The quantitative estimate of drug-likeness (QED) is 0.604. The van der Waals surface area contributed by atoms with Crippen molar-refractivity contribution in [3.8, 4) is 5.75 Å². The van der Waals surface area contributed by atoms with Gasteiger partial charge in [-0.05, 0) is 13.0 Å². The molecule has 0 aliphatic carbocycles. The molecule has 0 aliphatic rings. The summed E-state index contributed by atoms with van der Waals surface area (Å²) in [5.41, 5.74) is -0.143. The van der Waals surface area contributed by atoms with Crippen molar-refractivity contribution in [1.29, 1.82) is 0 Å². The zero-order valence-corrected chi connectivity index (χ0v) is 8.47. The van der Waals surface area contributed by atoms with Gasteiger partial charge in [-0.1, -0.05) is 0 Å². The van der Waals surface area contributed by atoms with Crippen LogP contribution in [0.15, 0.2) is 18.2 Å². The lowest BCUT2D eigenvalue weighted by Crippen LogP contribution is -2.09. The minimum absolute atomic E-state index is 0.0588. The molecule has 1 aromatic rings. The number of ether oxygens (including phenoxy) is 1. The van der Waals surface area contributed by atoms with Gasteiger partial charge in [-0.15, -0.1) is 0 Å². The Morgan fingerprint density at radius 3 is 2.81 bits per heavy atom. The molecule has 1 aromatic carbocycles. The van der Waals surface area contributed by atoms with E-state index in [1.807, 2.05) is 5.32 Å². The summed E-state index contributed by atoms with van der Waals surface area (Å²) in [4.78, 5) is 20.4. The number of hydrogen-bond donors (Lipinski definition) is 2. The summed E-state index contributed by atoms with van der Waals surface area (Å²) >= 11 is 0. The number of nitro groups is 1. The third-order valence-corrected chi connectivity index (χ3v) is 1.72. The average molecular weight is 226 g/mol. The molecule has 2 N–H and O–H groups in total. The van der Waals surface area contributed by atoms with Crippen LogP contribution in [-0.2, 0) is 0 Å². The van der Waals surface area contributed by atoms with Gasteiger partial charge in [0, 0.05) is 12.1 Å². The van der Waals surface area contributed by atoms with Crippen molar-refractivity contribution in [3.63, 3.8) is 0 Å². The Labute approximate surface area is 90.8 Å². The minimum atomic E-state index is -1.30. The molecule has 1 rings (SSSR count). The Balaban J connectivity index is 3.09. The van der Waals surface area contributed by atoms with Gasteiger partial charge in [-0.25, -0.2) is 4.79 Å². The van der Waals surface area contributed by atoms with Crippen molar-refractivity contribution in [3.05, 3.63) is 28.3 Å². The molecular weight excluding hydrogens is 216 g/mol. The fourth-order valence-electron chi connectivity index (χ4n) is 1.13. The molecule has 7 nitrogen and oxygen atoms in total. The number of carbonyl (C=O) groups is 1. The maximum absolute atomic E-state index is 10.5. The summed E-state index contributed by atoms with van der Waals surface area (Å²) in [6, 6.07) is 3.71. The van der Waals surface area contributed by atoms with Crippen LogP contribution in [0.2, 0.25) is 0 Å². The Bertz CT molecular complexity index is 418. The lowest BCUT2D eigenvalue weighted by atomic mass is 10.2. The van der Waals surface area contributed by atoms with Crippen LogP contribution in [0.1, 0.15) is 6.92 Å². The highest BCUT2D eigenvalue weighted by Crippen LogP contribution is 2.29. The maximum Gasteiger partial charge on any atom is 0.409 e. The van der Waals surface area contributed by atoms with Crippen LogP contribution in [0, 0.1) is 10.1 Å². The molecule has 0 heterocycles. The summed E-state index contributed by atoms with van der Waals surface area (Å²) < 4.78 is 5.12. The summed E-state index contributed by atoms with van der Waals surface area (Å²) in [5, 5.41) is 21.1. The Morgan fingerprint density at radius 1 is 1.62 bits per heavy atom. The van der Waals surface area contributed by atoms with Crippen molar-refractivity contribution >= 4 is 17.5 Å². The van der Waals surface area contributed by atoms with Crippen LogP contribution in [0.4, 0.5) is 16.2 Å². The van der Waals surface area contributed by atoms with Gasteiger partial charge in [0.1, 0.15) is 5.75 Å². The number of hydrogen-bond acceptors (Lipinski definition) is 4. The SMILES string of the molecule is CCOc1ccc([N+](=O)[O-])cc1NC(=O)O. The van der Waals surface area contributed by atoms with Crippen molar-refractivity contribution in [2.24, 2.45) is 0 Å². The number of carboxylic acid groups (broad SMARTS) is 1.